The highest BCUT2D eigenvalue weighted by Gasteiger charge is 2.10. The van der Waals surface area contributed by atoms with E-state index in [1.54, 1.807) is 0 Å². The Hall–Kier alpha value is -0.610. The second-order valence-corrected chi connectivity index (χ2v) is 4.68. The summed E-state index contributed by atoms with van der Waals surface area (Å²) >= 11 is 5.23. The molecule has 0 saturated carbocycles. The van der Waals surface area contributed by atoms with Gasteiger partial charge in [0, 0.05) is 25.0 Å². The lowest BCUT2D eigenvalue weighted by molar-refractivity contribution is 0.220. The van der Waals surface area contributed by atoms with E-state index in [1.165, 1.54) is 38.0 Å². The normalized spacial score (nSPS) is 18.2. The number of aromatic nitrogens is 2. The van der Waals surface area contributed by atoms with Gasteiger partial charge in [-0.2, -0.15) is 0 Å². The van der Waals surface area contributed by atoms with Crippen LogP contribution in [0.4, 0.5) is 0 Å². The van der Waals surface area contributed by atoms with Crippen LogP contribution in [-0.2, 0) is 6.54 Å². The maximum absolute atomic E-state index is 5.23. The highest BCUT2D eigenvalue weighted by Crippen LogP contribution is 2.09. The summed E-state index contributed by atoms with van der Waals surface area (Å²) in [5.74, 6) is 0. The molecule has 1 aromatic rings. The average Bonchev–Trinajstić information content (AvgIpc) is 2.58. The van der Waals surface area contributed by atoms with Crippen LogP contribution < -0.4 is 0 Å². The van der Waals surface area contributed by atoms with E-state index in [0.29, 0.717) is 0 Å². The molecule has 2 rings (SSSR count). The Morgan fingerprint density at radius 2 is 2.00 bits per heavy atom. The third-order valence-corrected chi connectivity index (χ3v) is 3.50. The Kier molecular flexibility index (Phi) is 3.59. The van der Waals surface area contributed by atoms with E-state index in [-0.39, 0.29) is 0 Å². The highest BCUT2D eigenvalue weighted by molar-refractivity contribution is 7.71. The molecule has 1 aromatic heterocycles. The average molecular weight is 225 g/mol. The van der Waals surface area contributed by atoms with Gasteiger partial charge in [0.15, 0.2) is 4.77 Å². The van der Waals surface area contributed by atoms with Crippen molar-refractivity contribution in [2.45, 2.75) is 32.7 Å². The van der Waals surface area contributed by atoms with Crippen LogP contribution in [0.3, 0.4) is 0 Å². The second kappa shape index (κ2) is 4.94. The molecule has 0 atom stereocenters. The Morgan fingerprint density at radius 1 is 1.27 bits per heavy atom. The van der Waals surface area contributed by atoms with Gasteiger partial charge in [0.2, 0.25) is 0 Å². The molecule has 0 aromatic carbocycles. The minimum atomic E-state index is 0.851. The van der Waals surface area contributed by atoms with E-state index in [1.807, 2.05) is 6.20 Å². The Balaban J connectivity index is 1.89. The maximum Gasteiger partial charge on any atom is 0.177 e. The predicted octanol–water partition coefficient (Wildman–Crippen LogP) is 2.34. The van der Waals surface area contributed by atoms with Gasteiger partial charge in [0.1, 0.15) is 0 Å². The smallest absolute Gasteiger partial charge is 0.177 e. The number of piperidine rings is 1. The first-order valence-electron chi connectivity index (χ1n) is 5.74. The number of likely N-dealkylation sites (tertiary alicyclic amines) is 1. The van der Waals surface area contributed by atoms with Gasteiger partial charge in [-0.05, 0) is 45.1 Å². The van der Waals surface area contributed by atoms with Gasteiger partial charge in [0.25, 0.3) is 0 Å². The number of nitrogens with one attached hydrogen (secondary N) is 1. The van der Waals surface area contributed by atoms with Crippen LogP contribution >= 0.6 is 12.2 Å². The maximum atomic E-state index is 5.23. The van der Waals surface area contributed by atoms with Crippen LogP contribution in [0.25, 0.3) is 0 Å². The van der Waals surface area contributed by atoms with E-state index in [0.717, 1.165) is 17.9 Å². The van der Waals surface area contributed by atoms with Crippen molar-refractivity contribution in [1.29, 1.82) is 0 Å². The number of H-pyrrole nitrogens is 1. The number of nitrogens with zero attached hydrogens (tertiary/aromatic N) is 2. The molecule has 0 amide bonds. The first kappa shape index (κ1) is 10.9. The zero-order valence-corrected chi connectivity index (χ0v) is 10.1. The molecule has 0 spiro atoms. The van der Waals surface area contributed by atoms with Gasteiger partial charge in [-0.1, -0.05) is 6.42 Å². The molecule has 1 aliphatic heterocycles. The molecule has 1 saturated heterocycles. The first-order valence-corrected chi connectivity index (χ1v) is 6.15. The van der Waals surface area contributed by atoms with Gasteiger partial charge in [0.05, 0.1) is 0 Å². The molecule has 84 valence electrons. The van der Waals surface area contributed by atoms with Gasteiger partial charge in [-0.25, -0.2) is 0 Å². The molecule has 1 fully saturated rings. The molecule has 0 unspecified atom stereocenters. The predicted molar refractivity (Wildman–Crippen MR) is 64.6 cm³/mol. The van der Waals surface area contributed by atoms with Crippen molar-refractivity contribution in [1.82, 2.24) is 14.5 Å². The molecule has 1 aliphatic rings. The Morgan fingerprint density at radius 3 is 2.60 bits per heavy atom. The van der Waals surface area contributed by atoms with Crippen LogP contribution in [0.2, 0.25) is 0 Å². The fourth-order valence-electron chi connectivity index (χ4n) is 2.18. The van der Waals surface area contributed by atoms with Crippen molar-refractivity contribution in [3.05, 3.63) is 16.7 Å². The fourth-order valence-corrected chi connectivity index (χ4v) is 2.48. The standard InChI is InChI=1S/C11H19N3S/c1-10-9-12-11(15)14(10)8-7-13-5-3-2-4-6-13/h9H,2-8H2,1H3,(H,12,15). The number of aromatic amines is 1. The number of rotatable bonds is 3. The summed E-state index contributed by atoms with van der Waals surface area (Å²) in [6.07, 6.45) is 6.10. The van der Waals surface area contributed by atoms with Gasteiger partial charge >= 0.3 is 0 Å². The highest BCUT2D eigenvalue weighted by atomic mass is 32.1. The summed E-state index contributed by atoms with van der Waals surface area (Å²) in [5.41, 5.74) is 1.23. The van der Waals surface area contributed by atoms with Crippen molar-refractivity contribution in [3.8, 4) is 0 Å². The van der Waals surface area contributed by atoms with Gasteiger partial charge in [-0.3, -0.25) is 0 Å². The van der Waals surface area contributed by atoms with Crippen LogP contribution in [0.15, 0.2) is 6.20 Å². The lowest BCUT2D eigenvalue weighted by atomic mass is 10.1. The molecule has 4 heteroatoms. The summed E-state index contributed by atoms with van der Waals surface area (Å²) in [6.45, 7) is 6.78. The van der Waals surface area contributed by atoms with E-state index in [2.05, 4.69) is 21.4 Å². The molecule has 15 heavy (non-hydrogen) atoms. The SMILES string of the molecule is Cc1c[nH]c(=S)n1CCN1CCCCC1. The Bertz CT molecular complexity index is 360. The topological polar surface area (TPSA) is 24.0 Å². The van der Waals surface area contributed by atoms with Crippen LogP contribution in [0.5, 0.6) is 0 Å². The monoisotopic (exact) mass is 225 g/mol. The van der Waals surface area contributed by atoms with Gasteiger partial charge < -0.3 is 14.5 Å². The number of aryl methyl sites for hydroxylation is 1. The number of imidazole rings is 1. The van der Waals surface area contributed by atoms with Crippen LogP contribution in [0.1, 0.15) is 25.0 Å². The lowest BCUT2D eigenvalue weighted by Crippen LogP contribution is -2.32. The van der Waals surface area contributed by atoms with Crippen LogP contribution in [-0.4, -0.2) is 34.1 Å². The molecule has 1 N–H and O–H groups in total. The quantitative estimate of drug-likeness (QED) is 0.798. The van der Waals surface area contributed by atoms with E-state index in [9.17, 15) is 0 Å². The summed E-state index contributed by atoms with van der Waals surface area (Å²) in [5, 5.41) is 0. The summed E-state index contributed by atoms with van der Waals surface area (Å²) < 4.78 is 3.04. The van der Waals surface area contributed by atoms with Crippen LogP contribution in [0, 0.1) is 11.7 Å². The zero-order valence-electron chi connectivity index (χ0n) is 9.33. The summed E-state index contributed by atoms with van der Waals surface area (Å²) in [6, 6.07) is 0. The first-order chi connectivity index (χ1) is 7.27. The molecule has 0 radical (unpaired) electrons. The van der Waals surface area contributed by atoms with Crippen molar-refractivity contribution in [2.75, 3.05) is 19.6 Å². The van der Waals surface area contributed by atoms with Crippen molar-refractivity contribution in [2.24, 2.45) is 0 Å². The molecular formula is C11H19N3S. The van der Waals surface area contributed by atoms with E-state index in [4.69, 9.17) is 12.2 Å². The third kappa shape index (κ3) is 2.69. The van der Waals surface area contributed by atoms with Crippen molar-refractivity contribution >= 4 is 12.2 Å². The fraction of sp³-hybridized carbons (Fsp3) is 0.727. The molecule has 0 bridgehead atoms. The zero-order chi connectivity index (χ0) is 10.7. The Labute approximate surface area is 96.1 Å². The van der Waals surface area contributed by atoms with Crippen molar-refractivity contribution < 1.29 is 0 Å². The molecule has 0 aliphatic carbocycles. The van der Waals surface area contributed by atoms with E-state index < -0.39 is 0 Å². The second-order valence-electron chi connectivity index (χ2n) is 4.29. The third-order valence-electron chi connectivity index (χ3n) is 3.16. The minimum Gasteiger partial charge on any atom is -0.337 e. The van der Waals surface area contributed by atoms with Crippen molar-refractivity contribution in [3.63, 3.8) is 0 Å². The van der Waals surface area contributed by atoms with Gasteiger partial charge in [-0.15, -0.1) is 0 Å². The van der Waals surface area contributed by atoms with E-state index >= 15 is 0 Å². The molecule has 2 heterocycles. The minimum absolute atomic E-state index is 0.851. The summed E-state index contributed by atoms with van der Waals surface area (Å²) in [7, 11) is 0. The largest absolute Gasteiger partial charge is 0.337 e. The number of hydrogen-bond acceptors (Lipinski definition) is 2. The molecule has 3 nitrogen and oxygen atoms in total. The number of hydrogen-bond donors (Lipinski definition) is 1. The molecular weight excluding hydrogens is 206 g/mol. The summed E-state index contributed by atoms with van der Waals surface area (Å²) in [4.78, 5) is 5.62. The lowest BCUT2D eigenvalue weighted by Gasteiger charge is -2.26.